The molecule has 3 aliphatic carbocycles. The highest BCUT2D eigenvalue weighted by Crippen LogP contribution is 2.49. The maximum absolute atomic E-state index is 11.2. The van der Waals surface area contributed by atoms with Crippen molar-refractivity contribution in [3.63, 3.8) is 0 Å². The normalized spacial score (nSPS) is 34.3. The molecule has 8 heteroatoms. The standard InChI is InChI=1S/C12H22O6S2/c1-19(13,14)17-7-11-9-3-5-10(6-4-9)12(11)8-18-20(2,15)16/h9-12H,3-8H2,1-2H3. The van der Waals surface area contributed by atoms with E-state index in [1.165, 1.54) is 0 Å². The summed E-state index contributed by atoms with van der Waals surface area (Å²) in [6.45, 7) is 0.273. The van der Waals surface area contributed by atoms with Crippen molar-refractivity contribution in [1.29, 1.82) is 0 Å². The summed E-state index contributed by atoms with van der Waals surface area (Å²) >= 11 is 0. The lowest BCUT2D eigenvalue weighted by Gasteiger charge is -2.48. The minimum absolute atomic E-state index is 0.0685. The first-order valence-corrected chi connectivity index (χ1v) is 10.5. The van der Waals surface area contributed by atoms with Crippen LogP contribution in [-0.2, 0) is 28.6 Å². The maximum Gasteiger partial charge on any atom is 0.264 e. The zero-order chi connectivity index (χ0) is 15.0. The number of hydrogen-bond acceptors (Lipinski definition) is 6. The lowest BCUT2D eigenvalue weighted by atomic mass is 9.59. The fourth-order valence-corrected chi connectivity index (χ4v) is 4.43. The van der Waals surface area contributed by atoms with Gasteiger partial charge < -0.3 is 0 Å². The summed E-state index contributed by atoms with van der Waals surface area (Å²) in [5.41, 5.74) is 0. The van der Waals surface area contributed by atoms with Gasteiger partial charge in [0.05, 0.1) is 25.7 Å². The summed E-state index contributed by atoms with van der Waals surface area (Å²) in [7, 11) is -6.93. The van der Waals surface area contributed by atoms with E-state index in [1.807, 2.05) is 0 Å². The summed E-state index contributed by atoms with van der Waals surface area (Å²) in [5.74, 6) is 0.961. The summed E-state index contributed by atoms with van der Waals surface area (Å²) in [6.07, 6.45) is 6.34. The van der Waals surface area contributed by atoms with Gasteiger partial charge in [-0.05, 0) is 49.4 Å². The predicted octanol–water partition coefficient (Wildman–Crippen LogP) is 0.991. The van der Waals surface area contributed by atoms with Crippen molar-refractivity contribution in [3.8, 4) is 0 Å². The van der Waals surface area contributed by atoms with Gasteiger partial charge >= 0.3 is 0 Å². The molecular formula is C12H22O6S2. The van der Waals surface area contributed by atoms with E-state index in [-0.39, 0.29) is 25.0 Å². The van der Waals surface area contributed by atoms with E-state index in [9.17, 15) is 16.8 Å². The van der Waals surface area contributed by atoms with Crippen molar-refractivity contribution in [2.75, 3.05) is 25.7 Å². The molecule has 0 aromatic rings. The molecule has 0 radical (unpaired) electrons. The van der Waals surface area contributed by atoms with E-state index in [1.54, 1.807) is 0 Å². The number of fused-ring (bicyclic) bond motifs is 3. The molecular weight excluding hydrogens is 304 g/mol. The number of hydrogen-bond donors (Lipinski definition) is 0. The van der Waals surface area contributed by atoms with Crippen molar-refractivity contribution >= 4 is 20.2 Å². The van der Waals surface area contributed by atoms with Crippen LogP contribution in [0.1, 0.15) is 25.7 Å². The van der Waals surface area contributed by atoms with Gasteiger partial charge in [0, 0.05) is 0 Å². The highest BCUT2D eigenvalue weighted by atomic mass is 32.2. The molecule has 20 heavy (non-hydrogen) atoms. The van der Waals surface area contributed by atoms with E-state index in [4.69, 9.17) is 8.37 Å². The van der Waals surface area contributed by atoms with Crippen LogP contribution in [0.15, 0.2) is 0 Å². The van der Waals surface area contributed by atoms with Crippen LogP contribution in [0.3, 0.4) is 0 Å². The average molecular weight is 326 g/mol. The molecule has 118 valence electrons. The van der Waals surface area contributed by atoms with Gasteiger partial charge in [-0.25, -0.2) is 0 Å². The van der Waals surface area contributed by atoms with Crippen LogP contribution in [0.2, 0.25) is 0 Å². The SMILES string of the molecule is CS(=O)(=O)OCC1C2CCC(CC2)C1COS(C)(=O)=O. The summed E-state index contributed by atoms with van der Waals surface area (Å²) < 4.78 is 54.5. The van der Waals surface area contributed by atoms with Gasteiger partial charge in [0.25, 0.3) is 20.2 Å². The Hall–Kier alpha value is -0.180. The molecule has 2 unspecified atom stereocenters. The van der Waals surface area contributed by atoms with E-state index in [0.717, 1.165) is 38.2 Å². The second-order valence-corrected chi connectivity index (χ2v) is 9.27. The summed E-state index contributed by atoms with van der Waals surface area (Å²) in [5, 5.41) is 0. The first-order chi connectivity index (χ1) is 9.16. The Balaban J connectivity index is 2.04. The van der Waals surface area contributed by atoms with Gasteiger partial charge in [-0.3, -0.25) is 8.37 Å². The van der Waals surface area contributed by atoms with Gasteiger partial charge in [-0.2, -0.15) is 16.8 Å². The van der Waals surface area contributed by atoms with Gasteiger partial charge in [0.15, 0.2) is 0 Å². The van der Waals surface area contributed by atoms with Crippen molar-refractivity contribution in [1.82, 2.24) is 0 Å². The highest BCUT2D eigenvalue weighted by Gasteiger charge is 2.44. The molecule has 0 aromatic carbocycles. The van der Waals surface area contributed by atoms with Gasteiger partial charge in [0.2, 0.25) is 0 Å². The molecule has 0 amide bonds. The smallest absolute Gasteiger partial charge is 0.264 e. The lowest BCUT2D eigenvalue weighted by Crippen LogP contribution is -2.44. The zero-order valence-corrected chi connectivity index (χ0v) is 13.5. The molecule has 0 aliphatic heterocycles. The van der Waals surface area contributed by atoms with E-state index in [0.29, 0.717) is 11.8 Å². The lowest BCUT2D eigenvalue weighted by molar-refractivity contribution is -0.0226. The van der Waals surface area contributed by atoms with Crippen molar-refractivity contribution in [3.05, 3.63) is 0 Å². The Morgan fingerprint density at radius 2 is 1.05 bits per heavy atom. The Morgan fingerprint density at radius 3 is 1.30 bits per heavy atom. The molecule has 2 atom stereocenters. The van der Waals surface area contributed by atoms with Crippen LogP contribution < -0.4 is 0 Å². The van der Waals surface area contributed by atoms with Crippen molar-refractivity contribution in [2.24, 2.45) is 23.7 Å². The Kier molecular flexibility index (Phi) is 4.78. The molecule has 3 aliphatic rings. The third-order valence-electron chi connectivity index (χ3n) is 4.53. The fourth-order valence-electron chi connectivity index (χ4n) is 3.62. The molecule has 0 aromatic heterocycles. The van der Waals surface area contributed by atoms with E-state index < -0.39 is 20.2 Å². The largest absolute Gasteiger partial charge is 0.270 e. The van der Waals surface area contributed by atoms with E-state index >= 15 is 0 Å². The Labute approximate surface area is 121 Å². The monoisotopic (exact) mass is 326 g/mol. The predicted molar refractivity (Wildman–Crippen MR) is 74.0 cm³/mol. The maximum atomic E-state index is 11.2. The van der Waals surface area contributed by atoms with Gasteiger partial charge in [-0.15, -0.1) is 0 Å². The quantitative estimate of drug-likeness (QED) is 0.677. The molecule has 3 saturated carbocycles. The van der Waals surface area contributed by atoms with Crippen LogP contribution in [0.25, 0.3) is 0 Å². The molecule has 6 nitrogen and oxygen atoms in total. The second-order valence-electron chi connectivity index (χ2n) is 5.98. The minimum Gasteiger partial charge on any atom is -0.270 e. The zero-order valence-electron chi connectivity index (χ0n) is 11.8. The molecule has 0 spiro atoms. The third kappa shape index (κ3) is 4.41. The second kappa shape index (κ2) is 5.90. The molecule has 2 bridgehead atoms. The van der Waals surface area contributed by atoms with Crippen LogP contribution in [0.4, 0.5) is 0 Å². The Morgan fingerprint density at radius 1 is 0.750 bits per heavy atom. The average Bonchev–Trinajstić information content (AvgIpc) is 2.33. The van der Waals surface area contributed by atoms with Crippen molar-refractivity contribution < 1.29 is 25.2 Å². The fraction of sp³-hybridized carbons (Fsp3) is 1.00. The Bertz CT molecular complexity index is 480. The van der Waals surface area contributed by atoms with Gasteiger partial charge in [0.1, 0.15) is 0 Å². The van der Waals surface area contributed by atoms with E-state index in [2.05, 4.69) is 0 Å². The topological polar surface area (TPSA) is 86.7 Å². The van der Waals surface area contributed by atoms with Crippen LogP contribution in [-0.4, -0.2) is 42.6 Å². The van der Waals surface area contributed by atoms with Crippen LogP contribution in [0.5, 0.6) is 0 Å². The summed E-state index contributed by atoms with van der Waals surface area (Å²) in [6, 6.07) is 0. The molecule has 0 N–H and O–H groups in total. The molecule has 3 rings (SSSR count). The first kappa shape index (κ1) is 16.2. The molecule has 0 saturated heterocycles. The van der Waals surface area contributed by atoms with Crippen LogP contribution in [0, 0.1) is 23.7 Å². The third-order valence-corrected chi connectivity index (χ3v) is 5.66. The van der Waals surface area contributed by atoms with Crippen LogP contribution >= 0.6 is 0 Å². The molecule has 0 heterocycles. The van der Waals surface area contributed by atoms with Gasteiger partial charge in [-0.1, -0.05) is 0 Å². The van der Waals surface area contributed by atoms with Crippen molar-refractivity contribution in [2.45, 2.75) is 25.7 Å². The summed E-state index contributed by atoms with van der Waals surface area (Å²) in [4.78, 5) is 0. The minimum atomic E-state index is -3.47. The first-order valence-electron chi connectivity index (χ1n) is 6.84. The highest BCUT2D eigenvalue weighted by molar-refractivity contribution is 7.86. The number of rotatable bonds is 6. The molecule has 3 fully saturated rings.